The van der Waals surface area contributed by atoms with Crippen molar-refractivity contribution in [2.45, 2.75) is 47.0 Å². The first-order chi connectivity index (χ1) is 9.43. The Kier molecular flexibility index (Phi) is 6.65. The molecule has 1 unspecified atom stereocenters. The molecule has 0 saturated carbocycles. The lowest BCUT2D eigenvalue weighted by Crippen LogP contribution is -2.19. The van der Waals surface area contributed by atoms with Gasteiger partial charge in [0.05, 0.1) is 11.4 Å². The Morgan fingerprint density at radius 1 is 1.30 bits per heavy atom. The number of amides is 1. The van der Waals surface area contributed by atoms with E-state index in [1.807, 2.05) is 26.0 Å². The molecule has 0 aromatic carbocycles. The minimum Gasteiger partial charge on any atom is -0.330 e. The van der Waals surface area contributed by atoms with Crippen molar-refractivity contribution in [1.29, 1.82) is 0 Å². The van der Waals surface area contributed by atoms with Gasteiger partial charge in [0.15, 0.2) is 0 Å². The summed E-state index contributed by atoms with van der Waals surface area (Å²) in [4.78, 5) is 16.4. The second-order valence-corrected chi connectivity index (χ2v) is 5.75. The maximum Gasteiger partial charge on any atom is 0.224 e. The van der Waals surface area contributed by atoms with Crippen LogP contribution in [0.4, 0.5) is 5.69 Å². The highest BCUT2D eigenvalue weighted by atomic mass is 16.1. The van der Waals surface area contributed by atoms with E-state index in [1.54, 1.807) is 0 Å². The summed E-state index contributed by atoms with van der Waals surface area (Å²) in [5, 5.41) is 2.94. The molecule has 20 heavy (non-hydrogen) atoms. The van der Waals surface area contributed by atoms with Crippen LogP contribution in [-0.4, -0.2) is 17.4 Å². The predicted octanol–water partition coefficient (Wildman–Crippen LogP) is 3.04. The molecule has 0 aliphatic heterocycles. The lowest BCUT2D eigenvalue weighted by molar-refractivity contribution is -0.116. The van der Waals surface area contributed by atoms with E-state index in [2.05, 4.69) is 24.1 Å². The van der Waals surface area contributed by atoms with E-state index in [9.17, 15) is 4.79 Å². The van der Waals surface area contributed by atoms with Crippen LogP contribution in [0, 0.1) is 25.7 Å². The number of pyridine rings is 1. The summed E-state index contributed by atoms with van der Waals surface area (Å²) in [6, 6.07) is 3.82. The SMILES string of the molecule is Cc1ccc(NC(=O)CCC(CCN)C(C)C)c(C)n1. The van der Waals surface area contributed by atoms with Gasteiger partial charge in [0.1, 0.15) is 0 Å². The highest BCUT2D eigenvalue weighted by Gasteiger charge is 2.15. The summed E-state index contributed by atoms with van der Waals surface area (Å²) in [6.07, 6.45) is 2.41. The maximum absolute atomic E-state index is 12.0. The molecule has 0 radical (unpaired) electrons. The van der Waals surface area contributed by atoms with Crippen LogP contribution in [0.25, 0.3) is 0 Å². The molecule has 112 valence electrons. The third-order valence-corrected chi connectivity index (χ3v) is 3.72. The maximum atomic E-state index is 12.0. The van der Waals surface area contributed by atoms with Crippen molar-refractivity contribution in [3.05, 3.63) is 23.5 Å². The van der Waals surface area contributed by atoms with Gasteiger partial charge in [0.2, 0.25) is 5.91 Å². The quantitative estimate of drug-likeness (QED) is 0.805. The Morgan fingerprint density at radius 2 is 2.00 bits per heavy atom. The van der Waals surface area contributed by atoms with Crippen molar-refractivity contribution in [1.82, 2.24) is 4.98 Å². The number of nitrogens with two attached hydrogens (primary N) is 1. The van der Waals surface area contributed by atoms with Crippen molar-refractivity contribution < 1.29 is 4.79 Å². The normalized spacial score (nSPS) is 12.5. The third kappa shape index (κ3) is 5.29. The molecule has 1 amide bonds. The van der Waals surface area contributed by atoms with E-state index in [1.165, 1.54) is 0 Å². The van der Waals surface area contributed by atoms with Gasteiger partial charge in [-0.05, 0) is 57.2 Å². The van der Waals surface area contributed by atoms with E-state index in [0.717, 1.165) is 29.9 Å². The molecule has 0 saturated heterocycles. The van der Waals surface area contributed by atoms with Crippen LogP contribution in [0.3, 0.4) is 0 Å². The van der Waals surface area contributed by atoms with Crippen LogP contribution in [0.15, 0.2) is 12.1 Å². The second-order valence-electron chi connectivity index (χ2n) is 5.75. The monoisotopic (exact) mass is 277 g/mol. The zero-order valence-corrected chi connectivity index (χ0v) is 13.1. The van der Waals surface area contributed by atoms with E-state index >= 15 is 0 Å². The van der Waals surface area contributed by atoms with E-state index < -0.39 is 0 Å². The number of aromatic nitrogens is 1. The highest BCUT2D eigenvalue weighted by molar-refractivity contribution is 5.91. The lowest BCUT2D eigenvalue weighted by Gasteiger charge is -2.19. The van der Waals surface area contributed by atoms with Gasteiger partial charge in [-0.3, -0.25) is 9.78 Å². The molecule has 4 nitrogen and oxygen atoms in total. The number of anilines is 1. The number of nitrogens with one attached hydrogen (secondary N) is 1. The molecule has 1 heterocycles. The Labute approximate surface area is 122 Å². The van der Waals surface area contributed by atoms with Crippen LogP contribution < -0.4 is 11.1 Å². The molecule has 1 aromatic rings. The number of nitrogens with zero attached hydrogens (tertiary/aromatic N) is 1. The average molecular weight is 277 g/mol. The largest absolute Gasteiger partial charge is 0.330 e. The highest BCUT2D eigenvalue weighted by Crippen LogP contribution is 2.21. The van der Waals surface area contributed by atoms with E-state index in [-0.39, 0.29) is 5.91 Å². The first-order valence-electron chi connectivity index (χ1n) is 7.38. The van der Waals surface area contributed by atoms with Crippen LogP contribution in [0.5, 0.6) is 0 Å². The van der Waals surface area contributed by atoms with Crippen molar-refractivity contribution in [3.8, 4) is 0 Å². The zero-order chi connectivity index (χ0) is 15.1. The Morgan fingerprint density at radius 3 is 2.55 bits per heavy atom. The van der Waals surface area contributed by atoms with Crippen LogP contribution >= 0.6 is 0 Å². The lowest BCUT2D eigenvalue weighted by atomic mass is 9.88. The van der Waals surface area contributed by atoms with Crippen LogP contribution in [0.1, 0.15) is 44.5 Å². The third-order valence-electron chi connectivity index (χ3n) is 3.72. The van der Waals surface area contributed by atoms with E-state index in [0.29, 0.717) is 24.8 Å². The molecule has 1 aromatic heterocycles. The summed E-state index contributed by atoms with van der Waals surface area (Å²) >= 11 is 0. The van der Waals surface area contributed by atoms with Gasteiger partial charge in [-0.15, -0.1) is 0 Å². The summed E-state index contributed by atoms with van der Waals surface area (Å²) in [5.41, 5.74) is 8.25. The molecular weight excluding hydrogens is 250 g/mol. The molecule has 1 atom stereocenters. The van der Waals surface area contributed by atoms with Crippen molar-refractivity contribution in [2.24, 2.45) is 17.6 Å². The van der Waals surface area contributed by atoms with Crippen molar-refractivity contribution >= 4 is 11.6 Å². The minimum atomic E-state index is 0.0569. The van der Waals surface area contributed by atoms with Crippen LogP contribution in [-0.2, 0) is 4.79 Å². The fourth-order valence-electron chi connectivity index (χ4n) is 2.37. The van der Waals surface area contributed by atoms with Crippen molar-refractivity contribution in [3.63, 3.8) is 0 Å². The standard InChI is InChI=1S/C16H27N3O/c1-11(2)14(9-10-17)6-8-16(20)19-15-7-5-12(3)18-13(15)4/h5,7,11,14H,6,8-10,17H2,1-4H3,(H,19,20). The first-order valence-corrected chi connectivity index (χ1v) is 7.38. The Hall–Kier alpha value is -1.42. The van der Waals surface area contributed by atoms with Gasteiger partial charge in [-0.1, -0.05) is 13.8 Å². The molecule has 0 spiro atoms. The number of carbonyl (C=O) groups excluding carboxylic acids is 1. The summed E-state index contributed by atoms with van der Waals surface area (Å²) < 4.78 is 0. The number of carbonyl (C=O) groups is 1. The number of hydrogen-bond acceptors (Lipinski definition) is 3. The molecule has 1 rings (SSSR count). The summed E-state index contributed by atoms with van der Waals surface area (Å²) in [7, 11) is 0. The van der Waals surface area contributed by atoms with Crippen molar-refractivity contribution in [2.75, 3.05) is 11.9 Å². The molecule has 0 fully saturated rings. The minimum absolute atomic E-state index is 0.0569. The molecular formula is C16H27N3O. The summed E-state index contributed by atoms with van der Waals surface area (Å²) in [5.74, 6) is 1.14. The fraction of sp³-hybridized carbons (Fsp3) is 0.625. The molecule has 4 heteroatoms. The van der Waals surface area contributed by atoms with Gasteiger partial charge < -0.3 is 11.1 Å². The summed E-state index contributed by atoms with van der Waals surface area (Å²) in [6.45, 7) is 8.91. The molecule has 3 N–H and O–H groups in total. The zero-order valence-electron chi connectivity index (χ0n) is 13.1. The van der Waals surface area contributed by atoms with Gasteiger partial charge in [0.25, 0.3) is 0 Å². The molecule has 0 bridgehead atoms. The number of hydrogen-bond donors (Lipinski definition) is 2. The Bertz CT molecular complexity index is 443. The number of rotatable bonds is 7. The average Bonchev–Trinajstić information content (AvgIpc) is 2.37. The second kappa shape index (κ2) is 8.00. The van der Waals surface area contributed by atoms with Gasteiger partial charge in [-0.25, -0.2) is 0 Å². The molecule has 0 aliphatic rings. The van der Waals surface area contributed by atoms with Gasteiger partial charge in [-0.2, -0.15) is 0 Å². The topological polar surface area (TPSA) is 68.0 Å². The number of aryl methyl sites for hydroxylation is 2. The molecule has 0 aliphatic carbocycles. The Balaban J connectivity index is 2.51. The van der Waals surface area contributed by atoms with Crippen LogP contribution in [0.2, 0.25) is 0 Å². The first kappa shape index (κ1) is 16.6. The predicted molar refractivity (Wildman–Crippen MR) is 83.6 cm³/mol. The van der Waals surface area contributed by atoms with Gasteiger partial charge >= 0.3 is 0 Å². The van der Waals surface area contributed by atoms with E-state index in [4.69, 9.17) is 5.73 Å². The fourth-order valence-corrected chi connectivity index (χ4v) is 2.37. The van der Waals surface area contributed by atoms with Gasteiger partial charge in [0, 0.05) is 12.1 Å². The smallest absolute Gasteiger partial charge is 0.224 e.